The number of ether oxygens (including phenoxy) is 2. The lowest BCUT2D eigenvalue weighted by atomic mass is 10.1. The van der Waals surface area contributed by atoms with Crippen molar-refractivity contribution in [3.8, 4) is 5.75 Å². The van der Waals surface area contributed by atoms with E-state index in [1.165, 1.54) is 0 Å². The number of fused-ring (bicyclic) bond motifs is 1. The number of para-hydroxylation sites is 1. The molecule has 0 amide bonds. The summed E-state index contributed by atoms with van der Waals surface area (Å²) in [4.78, 5) is 0. The molecule has 2 rings (SSSR count). The molecule has 1 aliphatic rings. The molecule has 1 aromatic rings. The minimum atomic E-state index is -0.0649. The summed E-state index contributed by atoms with van der Waals surface area (Å²) in [5.74, 6) is 1.58. The van der Waals surface area contributed by atoms with E-state index in [4.69, 9.17) is 9.47 Å². The van der Waals surface area contributed by atoms with E-state index in [0.29, 0.717) is 12.5 Å². The Morgan fingerprint density at radius 3 is 2.93 bits per heavy atom. The fourth-order valence-electron chi connectivity index (χ4n) is 1.60. The molecule has 1 heterocycles. The smallest absolute Gasteiger partial charge is 0.200 e. The van der Waals surface area contributed by atoms with Crippen molar-refractivity contribution in [1.82, 2.24) is 0 Å². The monoisotopic (exact) mass is 192 g/mol. The van der Waals surface area contributed by atoms with Gasteiger partial charge < -0.3 is 9.47 Å². The Bertz CT molecular complexity index is 307. The molecule has 0 aromatic heterocycles. The number of hydrogen-bond acceptors (Lipinski definition) is 2. The van der Waals surface area contributed by atoms with Gasteiger partial charge in [-0.15, -0.1) is 0 Å². The quantitative estimate of drug-likeness (QED) is 0.717. The van der Waals surface area contributed by atoms with E-state index in [-0.39, 0.29) is 6.29 Å². The van der Waals surface area contributed by atoms with E-state index < -0.39 is 0 Å². The van der Waals surface area contributed by atoms with Crippen molar-refractivity contribution in [2.24, 2.45) is 5.92 Å². The fourth-order valence-corrected chi connectivity index (χ4v) is 1.60. The Kier molecular flexibility index (Phi) is 2.73. The summed E-state index contributed by atoms with van der Waals surface area (Å²) in [7, 11) is 0. The molecule has 2 nitrogen and oxygen atoms in total. The molecular weight excluding hydrogens is 176 g/mol. The topological polar surface area (TPSA) is 18.5 Å². The van der Waals surface area contributed by atoms with Gasteiger partial charge in [-0.3, -0.25) is 0 Å². The predicted octanol–water partition coefficient (Wildman–Crippen LogP) is 2.97. The third-order valence-electron chi connectivity index (χ3n) is 2.32. The third-order valence-corrected chi connectivity index (χ3v) is 2.32. The molecule has 0 aliphatic carbocycles. The highest BCUT2D eigenvalue weighted by Gasteiger charge is 2.20. The highest BCUT2D eigenvalue weighted by atomic mass is 16.7. The molecule has 14 heavy (non-hydrogen) atoms. The van der Waals surface area contributed by atoms with Gasteiger partial charge in [0.2, 0.25) is 0 Å². The van der Waals surface area contributed by atoms with Gasteiger partial charge >= 0.3 is 0 Å². The van der Waals surface area contributed by atoms with Gasteiger partial charge in [0.15, 0.2) is 6.29 Å². The van der Waals surface area contributed by atoms with Crippen molar-refractivity contribution < 1.29 is 9.47 Å². The van der Waals surface area contributed by atoms with Crippen molar-refractivity contribution in [2.45, 2.75) is 33.2 Å². The van der Waals surface area contributed by atoms with Crippen LogP contribution >= 0.6 is 0 Å². The zero-order valence-corrected chi connectivity index (χ0v) is 8.69. The minimum Gasteiger partial charge on any atom is -0.465 e. The number of hydrogen-bond donors (Lipinski definition) is 0. The van der Waals surface area contributed by atoms with Gasteiger partial charge in [-0.05, 0) is 12.0 Å². The SMILES string of the molecule is CC(C)CC1OCc2ccccc2O1. The van der Waals surface area contributed by atoms with Crippen LogP contribution in [0, 0.1) is 5.92 Å². The van der Waals surface area contributed by atoms with Crippen molar-refractivity contribution in [1.29, 1.82) is 0 Å². The van der Waals surface area contributed by atoms with Gasteiger partial charge in [0.05, 0.1) is 6.61 Å². The maximum atomic E-state index is 5.72. The summed E-state index contributed by atoms with van der Waals surface area (Å²) in [5.41, 5.74) is 1.15. The zero-order valence-electron chi connectivity index (χ0n) is 8.69. The molecule has 0 fully saturated rings. The van der Waals surface area contributed by atoms with Crippen LogP contribution in [0.5, 0.6) is 5.75 Å². The van der Waals surface area contributed by atoms with Crippen molar-refractivity contribution >= 4 is 0 Å². The molecule has 0 saturated heterocycles. The Morgan fingerprint density at radius 1 is 1.36 bits per heavy atom. The Morgan fingerprint density at radius 2 is 2.14 bits per heavy atom. The molecule has 0 spiro atoms. The van der Waals surface area contributed by atoms with Crippen molar-refractivity contribution in [3.63, 3.8) is 0 Å². The highest BCUT2D eigenvalue weighted by molar-refractivity contribution is 5.33. The minimum absolute atomic E-state index is 0.0649. The van der Waals surface area contributed by atoms with E-state index >= 15 is 0 Å². The molecule has 1 unspecified atom stereocenters. The predicted molar refractivity (Wildman–Crippen MR) is 55.1 cm³/mol. The Labute approximate surface area is 84.8 Å². The van der Waals surface area contributed by atoms with Gasteiger partial charge in [-0.1, -0.05) is 32.0 Å². The van der Waals surface area contributed by atoms with Gasteiger partial charge in [-0.2, -0.15) is 0 Å². The summed E-state index contributed by atoms with van der Waals surface area (Å²) in [6, 6.07) is 8.05. The van der Waals surface area contributed by atoms with Crippen molar-refractivity contribution in [2.75, 3.05) is 0 Å². The van der Waals surface area contributed by atoms with Crippen molar-refractivity contribution in [3.05, 3.63) is 29.8 Å². The second-order valence-corrected chi connectivity index (χ2v) is 4.10. The largest absolute Gasteiger partial charge is 0.465 e. The first-order valence-electron chi connectivity index (χ1n) is 5.12. The average molecular weight is 192 g/mol. The van der Waals surface area contributed by atoms with Crippen LogP contribution in [0.4, 0.5) is 0 Å². The van der Waals surface area contributed by atoms with E-state index in [9.17, 15) is 0 Å². The van der Waals surface area contributed by atoms with E-state index in [2.05, 4.69) is 13.8 Å². The highest BCUT2D eigenvalue weighted by Crippen LogP contribution is 2.27. The summed E-state index contributed by atoms with van der Waals surface area (Å²) in [6.45, 7) is 5.02. The van der Waals surface area contributed by atoms with Crippen LogP contribution in [-0.4, -0.2) is 6.29 Å². The van der Waals surface area contributed by atoms with E-state index in [0.717, 1.165) is 17.7 Å². The second kappa shape index (κ2) is 4.01. The van der Waals surface area contributed by atoms with Gasteiger partial charge in [-0.25, -0.2) is 0 Å². The second-order valence-electron chi connectivity index (χ2n) is 4.10. The summed E-state index contributed by atoms with van der Waals surface area (Å²) in [6.07, 6.45) is 0.888. The molecule has 2 heteroatoms. The Hall–Kier alpha value is -1.02. The van der Waals surface area contributed by atoms with Crippen LogP contribution in [0.15, 0.2) is 24.3 Å². The number of rotatable bonds is 2. The van der Waals surface area contributed by atoms with Gasteiger partial charge in [0.1, 0.15) is 5.75 Å². The van der Waals surface area contributed by atoms with Crippen LogP contribution in [0.1, 0.15) is 25.8 Å². The van der Waals surface area contributed by atoms with Crippen LogP contribution in [-0.2, 0) is 11.3 Å². The third kappa shape index (κ3) is 2.07. The molecule has 1 aliphatic heterocycles. The summed E-state index contributed by atoms with van der Waals surface area (Å²) in [5, 5.41) is 0. The summed E-state index contributed by atoms with van der Waals surface area (Å²) >= 11 is 0. The maximum Gasteiger partial charge on any atom is 0.200 e. The van der Waals surface area contributed by atoms with Gasteiger partial charge in [0, 0.05) is 12.0 Å². The number of benzene rings is 1. The lowest BCUT2D eigenvalue weighted by Gasteiger charge is -2.27. The zero-order chi connectivity index (χ0) is 9.97. The first kappa shape index (κ1) is 9.53. The first-order chi connectivity index (χ1) is 6.75. The average Bonchev–Trinajstić information content (AvgIpc) is 2.17. The van der Waals surface area contributed by atoms with Crippen LogP contribution in [0.25, 0.3) is 0 Å². The lowest BCUT2D eigenvalue weighted by Crippen LogP contribution is -2.26. The van der Waals surface area contributed by atoms with Gasteiger partial charge in [0.25, 0.3) is 0 Å². The molecule has 0 saturated carbocycles. The molecule has 0 radical (unpaired) electrons. The molecular formula is C12H16O2. The molecule has 1 aromatic carbocycles. The summed E-state index contributed by atoms with van der Waals surface area (Å²) < 4.78 is 11.3. The standard InChI is InChI=1S/C12H16O2/c1-9(2)7-12-13-8-10-5-3-4-6-11(10)14-12/h3-6,9,12H,7-8H2,1-2H3. The molecule has 1 atom stereocenters. The lowest BCUT2D eigenvalue weighted by molar-refractivity contribution is -0.116. The van der Waals surface area contributed by atoms with Crippen LogP contribution in [0.3, 0.4) is 0 Å². The molecule has 0 bridgehead atoms. The van der Waals surface area contributed by atoms with E-state index in [1.54, 1.807) is 0 Å². The maximum absolute atomic E-state index is 5.72. The molecule has 76 valence electrons. The molecule has 0 N–H and O–H groups in total. The van der Waals surface area contributed by atoms with E-state index in [1.807, 2.05) is 24.3 Å². The fraction of sp³-hybridized carbons (Fsp3) is 0.500. The first-order valence-corrected chi connectivity index (χ1v) is 5.12. The Balaban J connectivity index is 2.06. The normalized spacial score (nSPS) is 20.4. The van der Waals surface area contributed by atoms with Crippen LogP contribution < -0.4 is 4.74 Å². The van der Waals surface area contributed by atoms with Crippen LogP contribution in [0.2, 0.25) is 0 Å².